The minimum absolute atomic E-state index is 0.0233. The number of amides is 1. The second kappa shape index (κ2) is 5.51. The van der Waals surface area contributed by atoms with Gasteiger partial charge in [-0.1, -0.05) is 20.8 Å². The number of hydrogen-bond donors (Lipinski definition) is 2. The first-order valence-corrected chi connectivity index (χ1v) is 6.43. The van der Waals surface area contributed by atoms with Gasteiger partial charge in [-0.3, -0.25) is 4.79 Å². The van der Waals surface area contributed by atoms with Gasteiger partial charge in [0.2, 0.25) is 11.8 Å². The molecule has 1 fully saturated rings. The molecule has 3 nitrogen and oxygen atoms in total. The van der Waals surface area contributed by atoms with E-state index in [1.165, 1.54) is 0 Å². The second-order valence-electron chi connectivity index (χ2n) is 6.46. The summed E-state index contributed by atoms with van der Waals surface area (Å²) in [5, 5.41) is 12.3. The van der Waals surface area contributed by atoms with Gasteiger partial charge in [0.25, 0.3) is 0 Å². The van der Waals surface area contributed by atoms with Crippen molar-refractivity contribution in [3.8, 4) is 0 Å². The molecule has 5 heteroatoms. The van der Waals surface area contributed by atoms with Crippen LogP contribution in [-0.4, -0.2) is 29.6 Å². The molecule has 1 amide bonds. The molecule has 0 spiro atoms. The summed E-state index contributed by atoms with van der Waals surface area (Å²) in [6, 6.07) is 0. The van der Waals surface area contributed by atoms with E-state index < -0.39 is 17.9 Å². The normalized spacial score (nSPS) is 24.9. The zero-order valence-electron chi connectivity index (χ0n) is 11.3. The molecule has 1 rings (SSSR count). The SMILES string of the molecule is CC(C)(C)CC(O)CNC(=O)C1CCC(F)(F)C1. The minimum atomic E-state index is -2.70. The Hall–Kier alpha value is -0.710. The third kappa shape index (κ3) is 5.29. The predicted octanol–water partition coefficient (Wildman–Crippen LogP) is 2.34. The maximum atomic E-state index is 12.9. The van der Waals surface area contributed by atoms with Gasteiger partial charge in [-0.2, -0.15) is 0 Å². The molecule has 106 valence electrons. The van der Waals surface area contributed by atoms with Gasteiger partial charge >= 0.3 is 0 Å². The van der Waals surface area contributed by atoms with Gasteiger partial charge in [0, 0.05) is 25.3 Å². The van der Waals surface area contributed by atoms with Crippen molar-refractivity contribution in [2.45, 2.75) is 58.5 Å². The molecule has 1 saturated carbocycles. The number of alkyl halides is 2. The van der Waals surface area contributed by atoms with E-state index in [0.717, 1.165) is 0 Å². The highest BCUT2D eigenvalue weighted by Gasteiger charge is 2.42. The topological polar surface area (TPSA) is 49.3 Å². The zero-order chi connectivity index (χ0) is 14.0. The van der Waals surface area contributed by atoms with E-state index in [-0.39, 0.29) is 37.1 Å². The van der Waals surface area contributed by atoms with Crippen molar-refractivity contribution >= 4 is 5.91 Å². The van der Waals surface area contributed by atoms with Crippen molar-refractivity contribution < 1.29 is 18.7 Å². The Morgan fingerprint density at radius 3 is 2.56 bits per heavy atom. The van der Waals surface area contributed by atoms with Gasteiger partial charge in [0.1, 0.15) is 0 Å². The molecule has 0 aromatic rings. The van der Waals surface area contributed by atoms with Crippen LogP contribution in [0.4, 0.5) is 8.78 Å². The van der Waals surface area contributed by atoms with E-state index in [1.807, 2.05) is 20.8 Å². The molecule has 2 atom stereocenters. The molecule has 0 saturated heterocycles. The average Bonchev–Trinajstić information content (AvgIpc) is 2.52. The average molecular weight is 263 g/mol. The predicted molar refractivity (Wildman–Crippen MR) is 65.4 cm³/mol. The summed E-state index contributed by atoms with van der Waals surface area (Å²) in [6.45, 7) is 6.12. The Labute approximate surface area is 107 Å². The van der Waals surface area contributed by atoms with Crippen LogP contribution in [0.15, 0.2) is 0 Å². The fourth-order valence-electron chi connectivity index (χ4n) is 2.32. The van der Waals surface area contributed by atoms with E-state index in [0.29, 0.717) is 6.42 Å². The fourth-order valence-corrected chi connectivity index (χ4v) is 2.32. The first-order chi connectivity index (χ1) is 8.09. The van der Waals surface area contributed by atoms with Crippen molar-refractivity contribution in [1.82, 2.24) is 5.32 Å². The van der Waals surface area contributed by atoms with Crippen LogP contribution in [0.3, 0.4) is 0 Å². The maximum absolute atomic E-state index is 12.9. The standard InChI is InChI=1S/C13H23F2NO2/c1-12(2,3)7-10(17)8-16-11(18)9-4-5-13(14,15)6-9/h9-10,17H,4-8H2,1-3H3,(H,16,18). The molecule has 1 aliphatic carbocycles. The number of rotatable bonds is 4. The zero-order valence-corrected chi connectivity index (χ0v) is 11.3. The van der Waals surface area contributed by atoms with Crippen molar-refractivity contribution in [1.29, 1.82) is 0 Å². The largest absolute Gasteiger partial charge is 0.391 e. The Bertz CT molecular complexity index is 300. The lowest BCUT2D eigenvalue weighted by Crippen LogP contribution is -2.37. The summed E-state index contributed by atoms with van der Waals surface area (Å²) in [7, 11) is 0. The van der Waals surface area contributed by atoms with Gasteiger partial charge in [-0.25, -0.2) is 8.78 Å². The molecule has 2 unspecified atom stereocenters. The van der Waals surface area contributed by atoms with Crippen molar-refractivity contribution in [2.75, 3.05) is 6.54 Å². The summed E-state index contributed by atoms with van der Waals surface area (Å²) < 4.78 is 25.9. The van der Waals surface area contributed by atoms with Crippen LogP contribution in [0.2, 0.25) is 0 Å². The minimum Gasteiger partial charge on any atom is -0.391 e. The van der Waals surface area contributed by atoms with Crippen LogP contribution >= 0.6 is 0 Å². The van der Waals surface area contributed by atoms with Gasteiger partial charge in [0.05, 0.1) is 6.10 Å². The highest BCUT2D eigenvalue weighted by molar-refractivity contribution is 5.79. The molecule has 0 bridgehead atoms. The van der Waals surface area contributed by atoms with Crippen LogP contribution in [0.1, 0.15) is 46.5 Å². The summed E-state index contributed by atoms with van der Waals surface area (Å²) in [5.74, 6) is -3.67. The van der Waals surface area contributed by atoms with E-state index in [4.69, 9.17) is 0 Å². The summed E-state index contributed by atoms with van der Waals surface area (Å²) in [5.41, 5.74) is -0.0233. The smallest absolute Gasteiger partial charge is 0.248 e. The number of carbonyl (C=O) groups is 1. The second-order valence-corrected chi connectivity index (χ2v) is 6.46. The van der Waals surface area contributed by atoms with Crippen LogP contribution in [0.5, 0.6) is 0 Å². The van der Waals surface area contributed by atoms with Gasteiger partial charge in [-0.05, 0) is 18.3 Å². The summed E-state index contributed by atoms with van der Waals surface area (Å²) >= 11 is 0. The van der Waals surface area contributed by atoms with E-state index in [9.17, 15) is 18.7 Å². The molecule has 0 heterocycles. The van der Waals surface area contributed by atoms with Crippen LogP contribution in [0, 0.1) is 11.3 Å². The van der Waals surface area contributed by atoms with Crippen molar-refractivity contribution in [3.63, 3.8) is 0 Å². The quantitative estimate of drug-likeness (QED) is 0.818. The number of carbonyl (C=O) groups excluding carboxylic acids is 1. The molecule has 0 radical (unpaired) electrons. The Morgan fingerprint density at radius 2 is 2.11 bits per heavy atom. The van der Waals surface area contributed by atoms with Crippen molar-refractivity contribution in [3.05, 3.63) is 0 Å². The first kappa shape index (κ1) is 15.3. The van der Waals surface area contributed by atoms with E-state index in [2.05, 4.69) is 5.32 Å². The van der Waals surface area contributed by atoms with Gasteiger partial charge < -0.3 is 10.4 Å². The third-order valence-corrected chi connectivity index (χ3v) is 3.13. The molecule has 1 aliphatic rings. The molecule has 0 aromatic heterocycles. The van der Waals surface area contributed by atoms with Gasteiger partial charge in [-0.15, -0.1) is 0 Å². The van der Waals surface area contributed by atoms with Crippen LogP contribution < -0.4 is 5.32 Å². The number of nitrogens with one attached hydrogen (secondary N) is 1. The fraction of sp³-hybridized carbons (Fsp3) is 0.923. The molecule has 2 N–H and O–H groups in total. The lowest BCUT2D eigenvalue weighted by Gasteiger charge is -2.23. The number of halogens is 2. The lowest BCUT2D eigenvalue weighted by atomic mass is 9.89. The molecular formula is C13H23F2NO2. The molecule has 0 aliphatic heterocycles. The number of aliphatic hydroxyl groups is 1. The van der Waals surface area contributed by atoms with Crippen LogP contribution in [0.25, 0.3) is 0 Å². The lowest BCUT2D eigenvalue weighted by molar-refractivity contribution is -0.126. The van der Waals surface area contributed by atoms with Crippen LogP contribution in [-0.2, 0) is 4.79 Å². The molecule has 18 heavy (non-hydrogen) atoms. The van der Waals surface area contributed by atoms with E-state index >= 15 is 0 Å². The molecular weight excluding hydrogens is 240 g/mol. The van der Waals surface area contributed by atoms with Gasteiger partial charge in [0.15, 0.2) is 0 Å². The van der Waals surface area contributed by atoms with Crippen molar-refractivity contribution in [2.24, 2.45) is 11.3 Å². The summed E-state index contributed by atoms with van der Waals surface area (Å²) in [6.07, 6.45) is -0.414. The first-order valence-electron chi connectivity index (χ1n) is 6.43. The Kier molecular flexibility index (Phi) is 4.70. The Morgan fingerprint density at radius 1 is 1.50 bits per heavy atom. The highest BCUT2D eigenvalue weighted by Crippen LogP contribution is 2.38. The van der Waals surface area contributed by atoms with E-state index in [1.54, 1.807) is 0 Å². The highest BCUT2D eigenvalue weighted by atomic mass is 19.3. The maximum Gasteiger partial charge on any atom is 0.248 e. The Balaban J connectivity index is 2.30. The number of aliphatic hydroxyl groups excluding tert-OH is 1. The monoisotopic (exact) mass is 263 g/mol. The molecule has 0 aromatic carbocycles. The number of hydrogen-bond acceptors (Lipinski definition) is 2. The third-order valence-electron chi connectivity index (χ3n) is 3.13. The summed E-state index contributed by atoms with van der Waals surface area (Å²) in [4.78, 5) is 11.6.